The molecule has 2 atom stereocenters. The highest BCUT2D eigenvalue weighted by molar-refractivity contribution is 5.85. The average Bonchev–Trinajstić information content (AvgIpc) is 2.94. The fourth-order valence-electron chi connectivity index (χ4n) is 2.12. The smallest absolute Gasteiger partial charge is 0.237 e. The maximum Gasteiger partial charge on any atom is 0.237 e. The first kappa shape index (κ1) is 14.4. The molecule has 20 heavy (non-hydrogen) atoms. The fraction of sp³-hybridized carbons (Fsp3) is 0.538. The Labute approximate surface area is 117 Å². The molecule has 108 valence electrons. The van der Waals surface area contributed by atoms with Gasteiger partial charge in [0.2, 0.25) is 11.9 Å². The van der Waals surface area contributed by atoms with Crippen LogP contribution in [0.2, 0.25) is 0 Å². The Balaban J connectivity index is 1.65. The van der Waals surface area contributed by atoms with Gasteiger partial charge in [0.05, 0.1) is 6.04 Å². The minimum atomic E-state index is -0.267. The molecule has 2 unspecified atom stereocenters. The average molecular weight is 277 g/mol. The number of ketones is 1. The van der Waals surface area contributed by atoms with Crippen LogP contribution in [0, 0.1) is 5.92 Å². The molecule has 3 N–H and O–H groups in total. The minimum absolute atomic E-state index is 0.0402. The number of aromatic nitrogens is 2. The van der Waals surface area contributed by atoms with Crippen LogP contribution in [0.4, 0.5) is 5.95 Å². The van der Waals surface area contributed by atoms with Crippen molar-refractivity contribution in [1.29, 1.82) is 0 Å². The van der Waals surface area contributed by atoms with Crippen molar-refractivity contribution in [3.63, 3.8) is 0 Å². The summed E-state index contributed by atoms with van der Waals surface area (Å²) >= 11 is 0. The van der Waals surface area contributed by atoms with Gasteiger partial charge in [0, 0.05) is 37.9 Å². The molecule has 1 aromatic heterocycles. The van der Waals surface area contributed by atoms with E-state index in [0.29, 0.717) is 32.0 Å². The van der Waals surface area contributed by atoms with Gasteiger partial charge in [-0.3, -0.25) is 9.59 Å². The zero-order chi connectivity index (χ0) is 14.4. The molecule has 0 aliphatic carbocycles. The Morgan fingerprint density at radius 1 is 1.35 bits per heavy atom. The number of nitrogens with zero attached hydrogens (tertiary/aromatic N) is 2. The summed E-state index contributed by atoms with van der Waals surface area (Å²) in [4.78, 5) is 31.2. The van der Waals surface area contributed by atoms with Gasteiger partial charge in [0.15, 0.2) is 0 Å². The van der Waals surface area contributed by atoms with E-state index in [1.165, 1.54) is 0 Å². The largest absolute Gasteiger partial charge is 0.353 e. The van der Waals surface area contributed by atoms with Gasteiger partial charge in [0.1, 0.15) is 5.78 Å². The van der Waals surface area contributed by atoms with Crippen LogP contribution in [0.1, 0.15) is 13.3 Å². The van der Waals surface area contributed by atoms with E-state index >= 15 is 0 Å². The molecule has 1 aliphatic heterocycles. The van der Waals surface area contributed by atoms with E-state index in [4.69, 9.17) is 0 Å². The lowest BCUT2D eigenvalue weighted by Gasteiger charge is -2.11. The number of carbonyl (C=O) groups excluding carboxylic acids is 2. The molecule has 0 bridgehead atoms. The lowest BCUT2D eigenvalue weighted by Crippen LogP contribution is -2.42. The molecule has 1 aliphatic rings. The van der Waals surface area contributed by atoms with Crippen molar-refractivity contribution >= 4 is 17.6 Å². The number of carbonyl (C=O) groups is 2. The first-order valence-corrected chi connectivity index (χ1v) is 6.69. The molecule has 0 spiro atoms. The highest BCUT2D eigenvalue weighted by Crippen LogP contribution is 2.14. The van der Waals surface area contributed by atoms with Gasteiger partial charge in [-0.25, -0.2) is 9.97 Å². The number of rotatable bonds is 6. The van der Waals surface area contributed by atoms with Crippen LogP contribution in [0.5, 0.6) is 0 Å². The van der Waals surface area contributed by atoms with E-state index in [0.717, 1.165) is 0 Å². The Hall–Kier alpha value is -2.02. The van der Waals surface area contributed by atoms with E-state index in [-0.39, 0.29) is 23.7 Å². The molecular weight excluding hydrogens is 258 g/mol. The molecule has 1 fully saturated rings. The van der Waals surface area contributed by atoms with Crippen molar-refractivity contribution in [3.05, 3.63) is 18.5 Å². The van der Waals surface area contributed by atoms with Crippen LogP contribution in [0.15, 0.2) is 18.5 Å². The van der Waals surface area contributed by atoms with Crippen molar-refractivity contribution < 1.29 is 9.59 Å². The van der Waals surface area contributed by atoms with E-state index in [1.54, 1.807) is 25.4 Å². The summed E-state index contributed by atoms with van der Waals surface area (Å²) in [5, 5.41) is 8.90. The van der Waals surface area contributed by atoms with Gasteiger partial charge >= 0.3 is 0 Å². The molecule has 2 heterocycles. The van der Waals surface area contributed by atoms with Gasteiger partial charge in [-0.15, -0.1) is 0 Å². The summed E-state index contributed by atoms with van der Waals surface area (Å²) in [5.74, 6) is 0.569. The van der Waals surface area contributed by atoms with Crippen molar-refractivity contribution in [2.75, 3.05) is 25.0 Å². The van der Waals surface area contributed by atoms with Gasteiger partial charge in [-0.2, -0.15) is 0 Å². The number of anilines is 1. The molecule has 0 aromatic carbocycles. The normalized spacial score (nSPS) is 21.4. The maximum absolute atomic E-state index is 11.9. The van der Waals surface area contributed by atoms with Crippen molar-refractivity contribution in [2.45, 2.75) is 19.4 Å². The Morgan fingerprint density at radius 2 is 2.10 bits per heavy atom. The van der Waals surface area contributed by atoms with Gasteiger partial charge < -0.3 is 16.0 Å². The van der Waals surface area contributed by atoms with Crippen molar-refractivity contribution in [1.82, 2.24) is 20.6 Å². The predicted octanol–water partition coefficient (Wildman–Crippen LogP) is -0.428. The zero-order valence-corrected chi connectivity index (χ0v) is 11.4. The third-order valence-electron chi connectivity index (χ3n) is 3.30. The monoisotopic (exact) mass is 277 g/mol. The highest BCUT2D eigenvalue weighted by Gasteiger charge is 2.31. The molecule has 1 saturated heterocycles. The lowest BCUT2D eigenvalue weighted by molar-refractivity contribution is -0.122. The zero-order valence-electron chi connectivity index (χ0n) is 11.4. The van der Waals surface area contributed by atoms with Crippen LogP contribution in [0.3, 0.4) is 0 Å². The topological polar surface area (TPSA) is 96.0 Å². The number of hydrogen-bond acceptors (Lipinski definition) is 6. The standard InChI is InChI=1S/C13H19N5O2/c1-9(19)10-7-11(18-8-10)12(20)14-5-6-17-13-15-3-2-4-16-13/h2-4,10-11,18H,5-8H2,1H3,(H,14,20)(H,15,16,17). The number of hydrogen-bond donors (Lipinski definition) is 3. The maximum atomic E-state index is 11.9. The van der Waals surface area contributed by atoms with Crippen molar-refractivity contribution in [3.8, 4) is 0 Å². The molecule has 0 saturated carbocycles. The van der Waals surface area contributed by atoms with Crippen molar-refractivity contribution in [2.24, 2.45) is 5.92 Å². The molecule has 2 rings (SSSR count). The van der Waals surface area contributed by atoms with Crippen LogP contribution < -0.4 is 16.0 Å². The number of nitrogens with one attached hydrogen (secondary N) is 3. The summed E-state index contributed by atoms with van der Waals surface area (Å²) in [6.07, 6.45) is 3.88. The minimum Gasteiger partial charge on any atom is -0.353 e. The Bertz CT molecular complexity index is 465. The van der Waals surface area contributed by atoms with Crippen LogP contribution in [0.25, 0.3) is 0 Å². The first-order valence-electron chi connectivity index (χ1n) is 6.69. The number of Topliss-reactive ketones (excluding diaryl/α,β-unsaturated/α-hetero) is 1. The molecular formula is C13H19N5O2. The van der Waals surface area contributed by atoms with E-state index in [9.17, 15) is 9.59 Å². The first-order chi connectivity index (χ1) is 9.66. The molecule has 7 heteroatoms. The third-order valence-corrected chi connectivity index (χ3v) is 3.30. The Morgan fingerprint density at radius 3 is 2.75 bits per heavy atom. The highest BCUT2D eigenvalue weighted by atomic mass is 16.2. The van der Waals surface area contributed by atoms with Crippen LogP contribution >= 0.6 is 0 Å². The quantitative estimate of drug-likeness (QED) is 0.611. The fourth-order valence-corrected chi connectivity index (χ4v) is 2.12. The third kappa shape index (κ3) is 3.99. The lowest BCUT2D eigenvalue weighted by atomic mass is 10.0. The summed E-state index contributed by atoms with van der Waals surface area (Å²) < 4.78 is 0. The molecule has 1 amide bonds. The SMILES string of the molecule is CC(=O)C1CNC(C(=O)NCCNc2ncccn2)C1. The summed E-state index contributed by atoms with van der Waals surface area (Å²) in [7, 11) is 0. The Kier molecular flexibility index (Phi) is 5.00. The summed E-state index contributed by atoms with van der Waals surface area (Å²) in [5.41, 5.74) is 0. The summed E-state index contributed by atoms with van der Waals surface area (Å²) in [6, 6.07) is 1.47. The van der Waals surface area contributed by atoms with Gasteiger partial charge in [0.25, 0.3) is 0 Å². The summed E-state index contributed by atoms with van der Waals surface area (Å²) in [6.45, 7) is 3.19. The van der Waals surface area contributed by atoms with Crippen LogP contribution in [-0.2, 0) is 9.59 Å². The van der Waals surface area contributed by atoms with Gasteiger partial charge in [-0.05, 0) is 19.4 Å². The number of amides is 1. The predicted molar refractivity (Wildman–Crippen MR) is 74.1 cm³/mol. The van der Waals surface area contributed by atoms with Gasteiger partial charge in [-0.1, -0.05) is 0 Å². The second-order valence-corrected chi connectivity index (χ2v) is 4.79. The molecule has 7 nitrogen and oxygen atoms in total. The second kappa shape index (κ2) is 6.95. The van der Waals surface area contributed by atoms with E-state index in [2.05, 4.69) is 25.9 Å². The van der Waals surface area contributed by atoms with E-state index < -0.39 is 0 Å². The second-order valence-electron chi connectivity index (χ2n) is 4.79. The molecule has 1 aromatic rings. The van der Waals surface area contributed by atoms with E-state index in [1.807, 2.05) is 0 Å². The molecule has 0 radical (unpaired) electrons. The van der Waals surface area contributed by atoms with Crippen LogP contribution in [-0.4, -0.2) is 47.3 Å².